The molecule has 1 aliphatic rings. The molecule has 1 aromatic carbocycles. The zero-order chi connectivity index (χ0) is 14.1. The van der Waals surface area contributed by atoms with Gasteiger partial charge in [-0.2, -0.15) is 0 Å². The summed E-state index contributed by atoms with van der Waals surface area (Å²) in [6, 6.07) is 10.5. The van der Waals surface area contributed by atoms with Crippen molar-refractivity contribution in [1.29, 1.82) is 0 Å². The Morgan fingerprint density at radius 2 is 1.90 bits per heavy atom. The highest BCUT2D eigenvalue weighted by molar-refractivity contribution is 6.05. The molecule has 20 heavy (non-hydrogen) atoms. The zero-order valence-electron chi connectivity index (χ0n) is 11.8. The van der Waals surface area contributed by atoms with E-state index in [2.05, 4.69) is 24.1 Å². The van der Waals surface area contributed by atoms with Gasteiger partial charge < -0.3 is 10.2 Å². The first kappa shape index (κ1) is 13.1. The molecule has 0 aliphatic carbocycles. The Labute approximate surface area is 118 Å². The molecule has 0 bridgehead atoms. The van der Waals surface area contributed by atoms with Gasteiger partial charge in [-0.1, -0.05) is 24.3 Å². The number of nitrogens with zero attached hydrogens (tertiary/aromatic N) is 2. The highest BCUT2D eigenvalue weighted by atomic mass is 16.2. The second-order valence-corrected chi connectivity index (χ2v) is 5.56. The van der Waals surface area contributed by atoms with Gasteiger partial charge in [0.25, 0.3) is 5.91 Å². The van der Waals surface area contributed by atoms with Gasteiger partial charge in [-0.25, -0.2) is 0 Å². The van der Waals surface area contributed by atoms with Crippen LogP contribution in [0.4, 0.5) is 0 Å². The normalized spacial score (nSPS) is 23.0. The summed E-state index contributed by atoms with van der Waals surface area (Å²) in [5.41, 5.74) is 0.560. The fourth-order valence-electron chi connectivity index (χ4n) is 2.93. The summed E-state index contributed by atoms with van der Waals surface area (Å²) >= 11 is 0. The first-order chi connectivity index (χ1) is 9.65. The van der Waals surface area contributed by atoms with Crippen molar-refractivity contribution in [2.45, 2.75) is 25.9 Å². The first-order valence-corrected chi connectivity index (χ1v) is 7.04. The van der Waals surface area contributed by atoms with E-state index in [1.54, 1.807) is 6.20 Å². The Balaban J connectivity index is 1.96. The molecule has 0 spiro atoms. The van der Waals surface area contributed by atoms with E-state index in [4.69, 9.17) is 0 Å². The maximum atomic E-state index is 12.7. The van der Waals surface area contributed by atoms with Crippen molar-refractivity contribution < 1.29 is 4.79 Å². The summed E-state index contributed by atoms with van der Waals surface area (Å²) < 4.78 is 0. The largest absolute Gasteiger partial charge is 0.334 e. The molecule has 1 amide bonds. The minimum Gasteiger partial charge on any atom is -0.334 e. The van der Waals surface area contributed by atoms with Crippen molar-refractivity contribution in [3.63, 3.8) is 0 Å². The Kier molecular flexibility index (Phi) is 3.40. The molecule has 104 valence electrons. The van der Waals surface area contributed by atoms with Gasteiger partial charge in [-0.05, 0) is 25.3 Å². The number of benzene rings is 1. The van der Waals surface area contributed by atoms with Crippen LogP contribution in [0.25, 0.3) is 10.8 Å². The van der Waals surface area contributed by atoms with E-state index in [9.17, 15) is 4.79 Å². The first-order valence-electron chi connectivity index (χ1n) is 7.04. The van der Waals surface area contributed by atoms with E-state index in [1.807, 2.05) is 35.2 Å². The number of piperazine rings is 1. The number of hydrogen-bond acceptors (Lipinski definition) is 3. The zero-order valence-corrected chi connectivity index (χ0v) is 11.8. The van der Waals surface area contributed by atoms with Gasteiger partial charge in [-0.3, -0.25) is 9.78 Å². The molecule has 1 aromatic heterocycles. The number of nitrogens with one attached hydrogen (secondary N) is 1. The van der Waals surface area contributed by atoms with Gasteiger partial charge in [0.05, 0.1) is 0 Å². The standard InChI is InChI=1S/C16H19N3O/c1-11-9-19(10-12(2)18-11)16(20)15-14-6-4-3-5-13(14)7-8-17-15/h3-8,11-12,18H,9-10H2,1-2H3/t11-,12+. The third-order valence-corrected chi connectivity index (χ3v) is 3.72. The highest BCUT2D eigenvalue weighted by Crippen LogP contribution is 2.19. The van der Waals surface area contributed by atoms with Gasteiger partial charge in [0.2, 0.25) is 0 Å². The lowest BCUT2D eigenvalue weighted by Crippen LogP contribution is -2.55. The van der Waals surface area contributed by atoms with Crippen molar-refractivity contribution in [2.24, 2.45) is 0 Å². The van der Waals surface area contributed by atoms with E-state index in [-0.39, 0.29) is 5.91 Å². The van der Waals surface area contributed by atoms with Crippen LogP contribution in [0, 0.1) is 0 Å². The van der Waals surface area contributed by atoms with Crippen molar-refractivity contribution in [3.8, 4) is 0 Å². The molecule has 1 fully saturated rings. The molecular formula is C16H19N3O. The molecule has 2 heterocycles. The van der Waals surface area contributed by atoms with E-state index >= 15 is 0 Å². The Hall–Kier alpha value is -1.94. The second kappa shape index (κ2) is 5.21. The van der Waals surface area contributed by atoms with E-state index in [0.29, 0.717) is 17.8 Å². The predicted octanol–water partition coefficient (Wildman–Crippen LogP) is 2.06. The lowest BCUT2D eigenvalue weighted by atomic mass is 10.1. The monoisotopic (exact) mass is 269 g/mol. The summed E-state index contributed by atoms with van der Waals surface area (Å²) in [6.07, 6.45) is 1.71. The van der Waals surface area contributed by atoms with Gasteiger partial charge in [0.1, 0.15) is 5.69 Å². The molecule has 1 aliphatic heterocycles. The third kappa shape index (κ3) is 2.39. The van der Waals surface area contributed by atoms with Crippen LogP contribution in [0.5, 0.6) is 0 Å². The van der Waals surface area contributed by atoms with Gasteiger partial charge in [0, 0.05) is 36.8 Å². The molecule has 0 radical (unpaired) electrons. The van der Waals surface area contributed by atoms with Crippen LogP contribution in [0.1, 0.15) is 24.3 Å². The average molecular weight is 269 g/mol. The Bertz CT molecular complexity index is 625. The summed E-state index contributed by atoms with van der Waals surface area (Å²) in [6.45, 7) is 5.67. The van der Waals surface area contributed by atoms with Gasteiger partial charge in [0.15, 0.2) is 0 Å². The molecule has 4 nitrogen and oxygen atoms in total. The number of hydrogen-bond donors (Lipinski definition) is 1. The molecule has 2 aromatic rings. The fraction of sp³-hybridized carbons (Fsp3) is 0.375. The average Bonchev–Trinajstić information content (AvgIpc) is 2.45. The van der Waals surface area contributed by atoms with Crippen molar-refractivity contribution >= 4 is 16.7 Å². The summed E-state index contributed by atoms with van der Waals surface area (Å²) in [5, 5.41) is 5.43. The molecule has 0 unspecified atom stereocenters. The lowest BCUT2D eigenvalue weighted by Gasteiger charge is -2.36. The van der Waals surface area contributed by atoms with Gasteiger partial charge in [-0.15, -0.1) is 0 Å². The lowest BCUT2D eigenvalue weighted by molar-refractivity contribution is 0.0670. The molecule has 2 atom stereocenters. The molecule has 0 saturated carbocycles. The van der Waals surface area contributed by atoms with E-state index in [1.165, 1.54) is 0 Å². The number of pyridine rings is 1. The molecule has 1 N–H and O–H groups in total. The van der Waals surface area contributed by atoms with Crippen LogP contribution in [0.3, 0.4) is 0 Å². The van der Waals surface area contributed by atoms with Crippen LogP contribution >= 0.6 is 0 Å². The number of carbonyl (C=O) groups is 1. The van der Waals surface area contributed by atoms with Crippen LogP contribution in [-0.2, 0) is 0 Å². The topological polar surface area (TPSA) is 45.2 Å². The maximum absolute atomic E-state index is 12.7. The van der Waals surface area contributed by atoms with Crippen molar-refractivity contribution in [2.75, 3.05) is 13.1 Å². The Morgan fingerprint density at radius 1 is 1.20 bits per heavy atom. The predicted molar refractivity (Wildman–Crippen MR) is 79.7 cm³/mol. The maximum Gasteiger partial charge on any atom is 0.273 e. The molecule has 3 rings (SSSR count). The number of amides is 1. The van der Waals surface area contributed by atoms with Crippen molar-refractivity contribution in [3.05, 3.63) is 42.2 Å². The fourth-order valence-corrected chi connectivity index (χ4v) is 2.93. The minimum absolute atomic E-state index is 0.0296. The SMILES string of the molecule is C[C@@H]1CN(C(=O)c2nccc3ccccc23)C[C@H](C)N1. The summed E-state index contributed by atoms with van der Waals surface area (Å²) in [5.74, 6) is 0.0296. The Morgan fingerprint density at radius 3 is 2.65 bits per heavy atom. The summed E-state index contributed by atoms with van der Waals surface area (Å²) in [4.78, 5) is 19.0. The van der Waals surface area contributed by atoms with Gasteiger partial charge >= 0.3 is 0 Å². The highest BCUT2D eigenvalue weighted by Gasteiger charge is 2.27. The summed E-state index contributed by atoms with van der Waals surface area (Å²) in [7, 11) is 0. The van der Waals surface area contributed by atoms with Crippen LogP contribution in [0.15, 0.2) is 36.5 Å². The minimum atomic E-state index is 0.0296. The third-order valence-electron chi connectivity index (χ3n) is 3.72. The molecule has 4 heteroatoms. The molecule has 1 saturated heterocycles. The van der Waals surface area contributed by atoms with Crippen LogP contribution in [-0.4, -0.2) is 41.0 Å². The smallest absolute Gasteiger partial charge is 0.273 e. The van der Waals surface area contributed by atoms with Crippen LogP contribution in [0.2, 0.25) is 0 Å². The quantitative estimate of drug-likeness (QED) is 0.862. The van der Waals surface area contributed by atoms with Crippen molar-refractivity contribution in [1.82, 2.24) is 15.2 Å². The van der Waals surface area contributed by atoms with Crippen LogP contribution < -0.4 is 5.32 Å². The second-order valence-electron chi connectivity index (χ2n) is 5.56. The number of carbonyl (C=O) groups excluding carboxylic acids is 1. The number of fused-ring (bicyclic) bond motifs is 1. The number of rotatable bonds is 1. The van der Waals surface area contributed by atoms with E-state index in [0.717, 1.165) is 23.9 Å². The molecular weight excluding hydrogens is 250 g/mol. The van der Waals surface area contributed by atoms with E-state index < -0.39 is 0 Å². The number of aromatic nitrogens is 1.